The van der Waals surface area contributed by atoms with Crippen LogP contribution in [0, 0.1) is 17.1 Å². The Morgan fingerprint density at radius 2 is 0.935 bits per heavy atom. The Hall–Kier alpha value is -8.46. The summed E-state index contributed by atoms with van der Waals surface area (Å²) in [6.07, 6.45) is 0. The molecule has 0 N–H and O–H groups in total. The van der Waals surface area contributed by atoms with Crippen molar-refractivity contribution in [3.63, 3.8) is 0 Å². The minimum absolute atomic E-state index is 0.372. The van der Waals surface area contributed by atoms with Crippen LogP contribution in [0.4, 0.5) is 38.5 Å². The lowest BCUT2D eigenvalue weighted by atomic mass is 9.94. The number of para-hydroxylation sites is 2. The van der Waals surface area contributed by atoms with Crippen LogP contribution in [-0.4, -0.2) is 0 Å². The second-order valence-corrected chi connectivity index (χ2v) is 15.3. The number of hydrogen-bond donors (Lipinski definition) is 0. The van der Waals surface area contributed by atoms with Crippen molar-refractivity contribution in [3.05, 3.63) is 230 Å². The van der Waals surface area contributed by atoms with Crippen LogP contribution in [0.2, 0.25) is 0 Å². The number of nitrogens with zero attached hydrogens (tertiary/aromatic N) is 3. The van der Waals surface area contributed by atoms with Crippen LogP contribution in [0.5, 0.6) is 0 Å². The third kappa shape index (κ3) is 6.30. The Kier molecular flexibility index (Phi) is 9.03. The zero-order chi connectivity index (χ0) is 41.6. The molecule has 1 aromatic heterocycles. The fourth-order valence-corrected chi connectivity index (χ4v) is 8.86. The van der Waals surface area contributed by atoms with Crippen molar-refractivity contribution in [1.29, 1.82) is 5.26 Å². The predicted octanol–water partition coefficient (Wildman–Crippen LogP) is 16.2. The number of rotatable bonds is 8. The van der Waals surface area contributed by atoms with Gasteiger partial charge in [-0.3, -0.25) is 0 Å². The van der Waals surface area contributed by atoms with Crippen molar-refractivity contribution < 1.29 is 8.81 Å². The maximum absolute atomic E-state index is 17.3. The Balaban J connectivity index is 1.14. The van der Waals surface area contributed by atoms with Gasteiger partial charge in [-0.2, -0.15) is 5.26 Å². The van der Waals surface area contributed by atoms with Crippen LogP contribution < -0.4 is 9.80 Å². The third-order valence-electron chi connectivity index (χ3n) is 11.7. The minimum atomic E-state index is -0.372. The topological polar surface area (TPSA) is 43.4 Å². The van der Waals surface area contributed by atoms with E-state index in [9.17, 15) is 5.26 Å². The summed E-state index contributed by atoms with van der Waals surface area (Å²) >= 11 is 0. The molecule has 0 saturated heterocycles. The maximum Gasteiger partial charge on any atom is 0.148 e. The van der Waals surface area contributed by atoms with Crippen LogP contribution in [0.15, 0.2) is 223 Å². The van der Waals surface area contributed by atoms with Gasteiger partial charge in [0.1, 0.15) is 17.0 Å². The molecular formula is C57H36FN3O. The number of benzene rings is 10. The summed E-state index contributed by atoms with van der Waals surface area (Å²) in [6, 6.07) is 75.0. The highest BCUT2D eigenvalue weighted by Crippen LogP contribution is 2.48. The SMILES string of the molecule is N#Cc1ccc(N(c2ccc3c(c2)c2ccccc2c2c4ccc(N(c5ccccc5)c5ccccc5)cc4oc32)c2c(F)cc(-c3ccccc3)cc2-c2ccccc2)cc1. The van der Waals surface area contributed by atoms with Crippen molar-refractivity contribution in [2.45, 2.75) is 0 Å². The molecule has 11 rings (SSSR count). The summed E-state index contributed by atoms with van der Waals surface area (Å²) in [5.74, 6) is -0.372. The first-order valence-electron chi connectivity index (χ1n) is 20.6. The summed E-state index contributed by atoms with van der Waals surface area (Å²) in [6.45, 7) is 0. The van der Waals surface area contributed by atoms with Crippen LogP contribution in [0.1, 0.15) is 5.56 Å². The van der Waals surface area contributed by atoms with E-state index in [2.05, 4.69) is 120 Å². The van der Waals surface area contributed by atoms with E-state index in [4.69, 9.17) is 4.42 Å². The minimum Gasteiger partial charge on any atom is -0.455 e. The quantitative estimate of drug-likeness (QED) is 0.144. The smallest absolute Gasteiger partial charge is 0.148 e. The number of nitriles is 1. The average molecular weight is 798 g/mol. The van der Waals surface area contributed by atoms with E-state index in [1.165, 1.54) is 0 Å². The van der Waals surface area contributed by atoms with E-state index in [1.54, 1.807) is 18.2 Å². The van der Waals surface area contributed by atoms with Gasteiger partial charge in [0.25, 0.3) is 0 Å². The summed E-state index contributed by atoms with van der Waals surface area (Å²) in [5.41, 5.74) is 10.4. The fraction of sp³-hybridized carbons (Fsp3) is 0. The second kappa shape index (κ2) is 15.3. The molecule has 0 aliphatic heterocycles. The van der Waals surface area contributed by atoms with Gasteiger partial charge in [-0.05, 0) is 124 Å². The molecule has 0 aliphatic carbocycles. The summed E-state index contributed by atoms with van der Waals surface area (Å²) in [4.78, 5) is 4.21. The van der Waals surface area contributed by atoms with Crippen molar-refractivity contribution in [3.8, 4) is 28.3 Å². The Morgan fingerprint density at radius 3 is 1.58 bits per heavy atom. The molecule has 62 heavy (non-hydrogen) atoms. The first-order chi connectivity index (χ1) is 30.6. The zero-order valence-corrected chi connectivity index (χ0v) is 33.4. The molecular weight excluding hydrogens is 762 g/mol. The van der Waals surface area contributed by atoms with Crippen LogP contribution >= 0.6 is 0 Å². The van der Waals surface area contributed by atoms with Gasteiger partial charge in [0.05, 0.1) is 17.3 Å². The van der Waals surface area contributed by atoms with Crippen molar-refractivity contribution in [1.82, 2.24) is 0 Å². The number of halogens is 1. The van der Waals surface area contributed by atoms with Crippen LogP contribution in [0.3, 0.4) is 0 Å². The number of anilines is 6. The van der Waals surface area contributed by atoms with Gasteiger partial charge in [0.15, 0.2) is 0 Å². The first-order valence-corrected chi connectivity index (χ1v) is 20.6. The fourth-order valence-electron chi connectivity index (χ4n) is 8.86. The molecule has 1 heterocycles. The van der Waals surface area contributed by atoms with Crippen molar-refractivity contribution in [2.75, 3.05) is 9.80 Å². The zero-order valence-electron chi connectivity index (χ0n) is 33.4. The molecule has 0 aliphatic rings. The molecule has 10 aromatic carbocycles. The molecule has 0 bridgehead atoms. The average Bonchev–Trinajstić information content (AvgIpc) is 3.73. The Morgan fingerprint density at radius 1 is 0.403 bits per heavy atom. The lowest BCUT2D eigenvalue weighted by Crippen LogP contribution is -2.13. The number of hydrogen-bond acceptors (Lipinski definition) is 4. The predicted molar refractivity (Wildman–Crippen MR) is 254 cm³/mol. The van der Waals surface area contributed by atoms with Gasteiger partial charge in [0, 0.05) is 56.2 Å². The monoisotopic (exact) mass is 797 g/mol. The number of furan rings is 1. The molecule has 0 spiro atoms. The lowest BCUT2D eigenvalue weighted by molar-refractivity contribution is 0.630. The van der Waals surface area contributed by atoms with E-state index in [0.717, 1.165) is 94.2 Å². The largest absolute Gasteiger partial charge is 0.455 e. The van der Waals surface area contributed by atoms with E-state index >= 15 is 4.39 Å². The first kappa shape index (κ1) is 36.6. The molecule has 0 unspecified atom stereocenters. The van der Waals surface area contributed by atoms with Gasteiger partial charge in [-0.15, -0.1) is 0 Å². The van der Waals surface area contributed by atoms with Gasteiger partial charge in [-0.25, -0.2) is 4.39 Å². The lowest BCUT2D eigenvalue weighted by Gasteiger charge is -2.29. The summed E-state index contributed by atoms with van der Waals surface area (Å²) < 4.78 is 24.3. The molecule has 0 amide bonds. The normalized spacial score (nSPS) is 11.3. The summed E-state index contributed by atoms with van der Waals surface area (Å²) in [5, 5.41) is 15.9. The van der Waals surface area contributed by atoms with E-state index in [-0.39, 0.29) is 5.82 Å². The molecule has 292 valence electrons. The third-order valence-corrected chi connectivity index (χ3v) is 11.7. The van der Waals surface area contributed by atoms with Crippen LogP contribution in [-0.2, 0) is 0 Å². The molecule has 0 atom stereocenters. The Bertz CT molecular complexity index is 3430. The molecule has 11 aromatic rings. The summed E-state index contributed by atoms with van der Waals surface area (Å²) in [7, 11) is 0. The van der Waals surface area contributed by atoms with Crippen molar-refractivity contribution >= 4 is 77.6 Å². The Labute approximate surface area is 358 Å². The highest BCUT2D eigenvalue weighted by Gasteiger charge is 2.25. The highest BCUT2D eigenvalue weighted by atomic mass is 19.1. The maximum atomic E-state index is 17.3. The molecule has 0 fully saturated rings. The molecule has 0 radical (unpaired) electrons. The molecule has 5 heteroatoms. The number of fused-ring (bicyclic) bond motifs is 8. The second-order valence-electron chi connectivity index (χ2n) is 15.3. The molecule has 0 saturated carbocycles. The molecule has 4 nitrogen and oxygen atoms in total. The van der Waals surface area contributed by atoms with Gasteiger partial charge >= 0.3 is 0 Å². The van der Waals surface area contributed by atoms with E-state index < -0.39 is 0 Å². The van der Waals surface area contributed by atoms with E-state index in [0.29, 0.717) is 11.3 Å². The van der Waals surface area contributed by atoms with Gasteiger partial charge in [-0.1, -0.05) is 121 Å². The highest BCUT2D eigenvalue weighted by molar-refractivity contribution is 6.30. The van der Waals surface area contributed by atoms with Crippen LogP contribution in [0.25, 0.3) is 65.7 Å². The van der Waals surface area contributed by atoms with Gasteiger partial charge in [0.2, 0.25) is 0 Å². The van der Waals surface area contributed by atoms with Gasteiger partial charge < -0.3 is 14.2 Å². The van der Waals surface area contributed by atoms with Crippen molar-refractivity contribution in [2.24, 2.45) is 0 Å². The van der Waals surface area contributed by atoms with E-state index in [1.807, 2.05) is 95.9 Å². The standard InChI is InChI=1S/C57H36FN3O/c58-53-34-41(39-15-5-1-6-16-39)33-51(40-17-7-2-8-18-40)56(53)61(44-27-25-38(37-59)26-28-44)45-29-31-49-52(35-45)47-23-13-14-24-48(47)55-50-32-30-46(36-54(50)62-57(49)55)60(42-19-9-3-10-20-42)43-21-11-4-12-22-43/h1-36H.